The Kier molecular flexibility index (Phi) is 6.88. The lowest BCUT2D eigenvalue weighted by atomic mass is 10.1. The van der Waals surface area contributed by atoms with Crippen LogP contribution in [0.4, 0.5) is 0 Å². The average Bonchev–Trinajstić information content (AvgIpc) is 2.62. The highest BCUT2D eigenvalue weighted by Gasteiger charge is 2.13. The molecule has 2 aromatic rings. The third-order valence-corrected chi connectivity index (χ3v) is 3.42. The van der Waals surface area contributed by atoms with Crippen LogP contribution < -0.4 is 10.9 Å². The van der Waals surface area contributed by atoms with Crippen molar-refractivity contribution in [1.82, 2.24) is 15.1 Å². The van der Waals surface area contributed by atoms with Crippen molar-refractivity contribution in [2.75, 3.05) is 13.2 Å². The third-order valence-electron chi connectivity index (χ3n) is 3.42. The normalized spacial score (nSPS) is 10.3. The highest BCUT2D eigenvalue weighted by Crippen LogP contribution is 1.98. The van der Waals surface area contributed by atoms with E-state index >= 15 is 0 Å². The summed E-state index contributed by atoms with van der Waals surface area (Å²) < 4.78 is 6.14. The maximum Gasteiger partial charge on any atom is 0.359 e. The highest BCUT2D eigenvalue weighted by atomic mass is 16.5. The van der Waals surface area contributed by atoms with Gasteiger partial charge in [0.05, 0.1) is 0 Å². The SMILES string of the molecule is CCCn1nc(C(=O)OCC(=O)NCCc2ccccc2)ccc1=O. The Labute approximate surface area is 145 Å². The van der Waals surface area contributed by atoms with Gasteiger partial charge in [0.2, 0.25) is 0 Å². The summed E-state index contributed by atoms with van der Waals surface area (Å²) in [5.41, 5.74) is 0.837. The molecule has 1 amide bonds. The number of benzene rings is 1. The van der Waals surface area contributed by atoms with Crippen LogP contribution in [0.3, 0.4) is 0 Å². The number of carbonyl (C=O) groups is 2. The quantitative estimate of drug-likeness (QED) is 0.727. The molecule has 0 unspecified atom stereocenters. The minimum absolute atomic E-state index is 0.00476. The minimum Gasteiger partial charge on any atom is -0.451 e. The number of nitrogens with zero attached hydrogens (tertiary/aromatic N) is 2. The lowest BCUT2D eigenvalue weighted by molar-refractivity contribution is -0.124. The number of amides is 1. The molecule has 0 atom stereocenters. The number of aromatic nitrogens is 2. The number of aryl methyl sites for hydroxylation is 1. The van der Waals surface area contributed by atoms with E-state index in [2.05, 4.69) is 10.4 Å². The molecule has 0 spiro atoms. The zero-order valence-corrected chi connectivity index (χ0v) is 14.1. The molecule has 0 fully saturated rings. The smallest absolute Gasteiger partial charge is 0.359 e. The van der Waals surface area contributed by atoms with Crippen LogP contribution in [0, 0.1) is 0 Å². The van der Waals surface area contributed by atoms with Gasteiger partial charge in [0.25, 0.3) is 11.5 Å². The number of hydrogen-bond acceptors (Lipinski definition) is 5. The molecule has 1 aromatic heterocycles. The fourth-order valence-corrected chi connectivity index (χ4v) is 2.18. The van der Waals surface area contributed by atoms with Gasteiger partial charge < -0.3 is 10.1 Å². The Morgan fingerprint density at radius 3 is 2.64 bits per heavy atom. The molecule has 1 aromatic carbocycles. The highest BCUT2D eigenvalue weighted by molar-refractivity contribution is 5.89. The van der Waals surface area contributed by atoms with Crippen LogP contribution in [0.15, 0.2) is 47.3 Å². The van der Waals surface area contributed by atoms with Crippen LogP contribution in [0.1, 0.15) is 29.4 Å². The summed E-state index contributed by atoms with van der Waals surface area (Å²) >= 11 is 0. The molecular weight excluding hydrogens is 322 g/mol. The van der Waals surface area contributed by atoms with Crippen LogP contribution in [0.25, 0.3) is 0 Å². The molecule has 132 valence electrons. The number of nitrogens with one attached hydrogen (secondary N) is 1. The van der Waals surface area contributed by atoms with Gasteiger partial charge in [-0.15, -0.1) is 0 Å². The molecule has 0 bridgehead atoms. The third kappa shape index (κ3) is 5.87. The molecule has 7 heteroatoms. The summed E-state index contributed by atoms with van der Waals surface area (Å²) in [6, 6.07) is 12.3. The second-order valence-electron chi connectivity index (χ2n) is 5.44. The summed E-state index contributed by atoms with van der Waals surface area (Å²) in [4.78, 5) is 35.2. The molecule has 0 aliphatic rings. The predicted molar refractivity (Wildman–Crippen MR) is 92.2 cm³/mol. The van der Waals surface area contributed by atoms with Crippen LogP contribution in [-0.2, 0) is 22.5 Å². The fraction of sp³-hybridized carbons (Fsp3) is 0.333. The van der Waals surface area contributed by atoms with Crippen molar-refractivity contribution in [1.29, 1.82) is 0 Å². The zero-order chi connectivity index (χ0) is 18.1. The molecule has 25 heavy (non-hydrogen) atoms. The molecule has 0 saturated heterocycles. The summed E-state index contributed by atoms with van der Waals surface area (Å²) in [6.45, 7) is 2.39. The van der Waals surface area contributed by atoms with Gasteiger partial charge in [-0.1, -0.05) is 37.3 Å². The van der Waals surface area contributed by atoms with E-state index in [1.165, 1.54) is 16.8 Å². The molecule has 0 aliphatic carbocycles. The van der Waals surface area contributed by atoms with Crippen molar-refractivity contribution in [3.8, 4) is 0 Å². The van der Waals surface area contributed by atoms with E-state index < -0.39 is 5.97 Å². The lowest BCUT2D eigenvalue weighted by Crippen LogP contribution is -2.31. The van der Waals surface area contributed by atoms with Crippen molar-refractivity contribution in [3.05, 3.63) is 64.1 Å². The van der Waals surface area contributed by atoms with Gasteiger partial charge in [-0.2, -0.15) is 5.10 Å². The van der Waals surface area contributed by atoms with E-state index in [0.29, 0.717) is 19.5 Å². The van der Waals surface area contributed by atoms with E-state index in [1.54, 1.807) is 0 Å². The average molecular weight is 343 g/mol. The number of rotatable bonds is 8. The summed E-state index contributed by atoms with van der Waals surface area (Å²) in [5, 5.41) is 6.63. The second kappa shape index (κ2) is 9.36. The van der Waals surface area contributed by atoms with E-state index in [4.69, 9.17) is 4.74 Å². The maximum absolute atomic E-state index is 11.9. The Morgan fingerprint density at radius 1 is 1.16 bits per heavy atom. The number of hydrogen-bond donors (Lipinski definition) is 1. The van der Waals surface area contributed by atoms with E-state index in [-0.39, 0.29) is 23.8 Å². The van der Waals surface area contributed by atoms with Gasteiger partial charge in [0, 0.05) is 19.2 Å². The lowest BCUT2D eigenvalue weighted by Gasteiger charge is -2.07. The largest absolute Gasteiger partial charge is 0.451 e. The molecule has 0 radical (unpaired) electrons. The molecule has 0 saturated carbocycles. The summed E-state index contributed by atoms with van der Waals surface area (Å²) in [5.74, 6) is -1.12. The first-order valence-electron chi connectivity index (χ1n) is 8.16. The molecule has 2 rings (SSSR count). The first-order chi connectivity index (χ1) is 12.1. The Hall–Kier alpha value is -2.96. The molecule has 7 nitrogen and oxygen atoms in total. The van der Waals surface area contributed by atoms with Crippen molar-refractivity contribution < 1.29 is 14.3 Å². The van der Waals surface area contributed by atoms with Crippen molar-refractivity contribution in [3.63, 3.8) is 0 Å². The molecule has 1 heterocycles. The Balaban J connectivity index is 1.78. The molecule has 0 aliphatic heterocycles. The van der Waals surface area contributed by atoms with Crippen molar-refractivity contribution in [2.24, 2.45) is 0 Å². The minimum atomic E-state index is -0.733. The first-order valence-corrected chi connectivity index (χ1v) is 8.16. The number of ether oxygens (including phenoxy) is 1. The maximum atomic E-state index is 11.9. The van der Waals surface area contributed by atoms with Gasteiger partial charge in [0.15, 0.2) is 12.3 Å². The van der Waals surface area contributed by atoms with E-state index in [9.17, 15) is 14.4 Å². The number of carbonyl (C=O) groups excluding carboxylic acids is 2. The van der Waals surface area contributed by atoms with Gasteiger partial charge in [-0.25, -0.2) is 9.48 Å². The van der Waals surface area contributed by atoms with Gasteiger partial charge in [-0.05, 0) is 24.5 Å². The predicted octanol–water partition coefficient (Wildman–Crippen LogP) is 1.17. The monoisotopic (exact) mass is 343 g/mol. The molecule has 1 N–H and O–H groups in total. The van der Waals surface area contributed by atoms with Crippen molar-refractivity contribution >= 4 is 11.9 Å². The van der Waals surface area contributed by atoms with Gasteiger partial charge in [-0.3, -0.25) is 9.59 Å². The summed E-state index contributed by atoms with van der Waals surface area (Å²) in [7, 11) is 0. The Morgan fingerprint density at radius 2 is 1.92 bits per heavy atom. The summed E-state index contributed by atoms with van der Waals surface area (Å²) in [6.07, 6.45) is 1.42. The zero-order valence-electron chi connectivity index (χ0n) is 14.1. The van der Waals surface area contributed by atoms with E-state index in [0.717, 1.165) is 12.0 Å². The van der Waals surface area contributed by atoms with Crippen LogP contribution in [-0.4, -0.2) is 34.8 Å². The first kappa shape index (κ1) is 18.4. The van der Waals surface area contributed by atoms with Crippen LogP contribution in [0.2, 0.25) is 0 Å². The van der Waals surface area contributed by atoms with Crippen LogP contribution >= 0.6 is 0 Å². The fourth-order valence-electron chi connectivity index (χ4n) is 2.18. The topological polar surface area (TPSA) is 90.3 Å². The standard InChI is InChI=1S/C18H21N3O4/c1-2-12-21-17(23)9-8-15(20-21)18(24)25-13-16(22)19-11-10-14-6-4-3-5-7-14/h3-9H,2,10-13H2,1H3,(H,19,22). The Bertz CT molecular complexity index is 771. The van der Waals surface area contributed by atoms with E-state index in [1.807, 2.05) is 37.3 Å². The second-order valence-corrected chi connectivity index (χ2v) is 5.44. The van der Waals surface area contributed by atoms with Gasteiger partial charge in [0.1, 0.15) is 0 Å². The van der Waals surface area contributed by atoms with Gasteiger partial charge >= 0.3 is 5.97 Å². The van der Waals surface area contributed by atoms with Crippen LogP contribution in [0.5, 0.6) is 0 Å². The van der Waals surface area contributed by atoms with Crippen molar-refractivity contribution in [2.45, 2.75) is 26.3 Å². The number of esters is 1. The molecular formula is C18H21N3O4.